The highest BCUT2D eigenvalue weighted by atomic mass is 16.5. The molecule has 144 valence electrons. The molecule has 0 spiro atoms. The van der Waals surface area contributed by atoms with E-state index in [4.69, 9.17) is 9.47 Å². The summed E-state index contributed by atoms with van der Waals surface area (Å²) < 4.78 is 11.5. The van der Waals surface area contributed by atoms with E-state index in [1.54, 1.807) is 0 Å². The number of carbonyl (C=O) groups excluding carboxylic acids is 1. The lowest BCUT2D eigenvalue weighted by molar-refractivity contribution is -0.118. The van der Waals surface area contributed by atoms with Gasteiger partial charge in [0.2, 0.25) is 0 Å². The summed E-state index contributed by atoms with van der Waals surface area (Å²) in [5.41, 5.74) is 2.97. The summed E-state index contributed by atoms with van der Waals surface area (Å²) in [7, 11) is 0. The highest BCUT2D eigenvalue weighted by Gasteiger charge is 2.09. The van der Waals surface area contributed by atoms with Gasteiger partial charge in [-0.15, -0.1) is 0 Å². The average molecular weight is 375 g/mol. The van der Waals surface area contributed by atoms with Gasteiger partial charge in [-0.25, -0.2) is 0 Å². The number of nitrogens with one attached hydrogen (secondary N) is 1. The van der Waals surface area contributed by atoms with Crippen molar-refractivity contribution in [2.45, 2.75) is 26.7 Å². The maximum absolute atomic E-state index is 12.2. The van der Waals surface area contributed by atoms with Crippen molar-refractivity contribution in [2.24, 2.45) is 0 Å². The van der Waals surface area contributed by atoms with Crippen LogP contribution in [0.1, 0.15) is 30.9 Å². The van der Waals surface area contributed by atoms with Gasteiger partial charge in [0, 0.05) is 5.69 Å². The normalized spacial score (nSPS) is 10.6. The fourth-order valence-corrected chi connectivity index (χ4v) is 2.78. The molecule has 3 aromatic rings. The van der Waals surface area contributed by atoms with E-state index < -0.39 is 0 Å². The first kappa shape index (κ1) is 19.5. The Morgan fingerprint density at radius 2 is 1.50 bits per heavy atom. The van der Waals surface area contributed by atoms with Crippen molar-refractivity contribution < 1.29 is 14.3 Å². The van der Waals surface area contributed by atoms with E-state index in [1.807, 2.05) is 79.7 Å². The lowest BCUT2D eigenvalue weighted by Gasteiger charge is -2.14. The third-order valence-electron chi connectivity index (χ3n) is 4.29. The van der Waals surface area contributed by atoms with E-state index in [0.29, 0.717) is 17.4 Å². The molecule has 0 radical (unpaired) electrons. The minimum absolute atomic E-state index is 0.0364. The van der Waals surface area contributed by atoms with Crippen LogP contribution < -0.4 is 14.8 Å². The summed E-state index contributed by atoms with van der Waals surface area (Å²) in [6.45, 7) is 6.20. The van der Waals surface area contributed by atoms with Crippen LogP contribution in [0.5, 0.6) is 17.2 Å². The largest absolute Gasteiger partial charge is 0.483 e. The summed E-state index contributed by atoms with van der Waals surface area (Å²) in [5, 5.41) is 2.84. The lowest BCUT2D eigenvalue weighted by atomic mass is 10.0. The smallest absolute Gasteiger partial charge is 0.262 e. The van der Waals surface area contributed by atoms with Crippen molar-refractivity contribution in [3.63, 3.8) is 0 Å². The van der Waals surface area contributed by atoms with Crippen LogP contribution in [0.25, 0.3) is 0 Å². The van der Waals surface area contributed by atoms with Crippen LogP contribution in [-0.2, 0) is 4.79 Å². The maximum atomic E-state index is 12.2. The number of anilines is 1. The van der Waals surface area contributed by atoms with Gasteiger partial charge in [0.15, 0.2) is 6.61 Å². The van der Waals surface area contributed by atoms with Gasteiger partial charge in [0.05, 0.1) is 0 Å². The first-order valence-electron chi connectivity index (χ1n) is 9.37. The van der Waals surface area contributed by atoms with Crippen LogP contribution in [0.3, 0.4) is 0 Å². The van der Waals surface area contributed by atoms with Gasteiger partial charge in [-0.3, -0.25) is 4.79 Å². The molecule has 3 aromatic carbocycles. The van der Waals surface area contributed by atoms with Crippen molar-refractivity contribution in [1.29, 1.82) is 0 Å². The van der Waals surface area contributed by atoms with Gasteiger partial charge in [0.1, 0.15) is 17.2 Å². The molecule has 28 heavy (non-hydrogen) atoms. The van der Waals surface area contributed by atoms with Crippen LogP contribution in [0, 0.1) is 6.92 Å². The number of benzene rings is 3. The number of rotatable bonds is 7. The molecular formula is C24H25NO3. The van der Waals surface area contributed by atoms with Gasteiger partial charge >= 0.3 is 0 Å². The summed E-state index contributed by atoms with van der Waals surface area (Å²) in [5.74, 6) is 2.36. The molecule has 0 aromatic heterocycles. The summed E-state index contributed by atoms with van der Waals surface area (Å²) in [6.07, 6.45) is 0. The highest BCUT2D eigenvalue weighted by Crippen LogP contribution is 2.26. The Morgan fingerprint density at radius 3 is 2.14 bits per heavy atom. The number of carbonyl (C=O) groups is 1. The van der Waals surface area contributed by atoms with Crippen molar-refractivity contribution in [3.05, 3.63) is 83.9 Å². The second-order valence-corrected chi connectivity index (χ2v) is 6.97. The van der Waals surface area contributed by atoms with Gasteiger partial charge in [-0.2, -0.15) is 0 Å². The molecule has 0 heterocycles. The summed E-state index contributed by atoms with van der Waals surface area (Å²) >= 11 is 0. The van der Waals surface area contributed by atoms with Crippen molar-refractivity contribution >= 4 is 11.6 Å². The molecule has 1 N–H and O–H groups in total. The summed E-state index contributed by atoms with van der Waals surface area (Å²) in [4.78, 5) is 12.2. The van der Waals surface area contributed by atoms with Crippen molar-refractivity contribution in [3.8, 4) is 17.2 Å². The predicted molar refractivity (Wildman–Crippen MR) is 112 cm³/mol. The first-order valence-corrected chi connectivity index (χ1v) is 9.37. The van der Waals surface area contributed by atoms with Gasteiger partial charge < -0.3 is 14.8 Å². The standard InChI is InChI=1S/C24H25NO3/c1-17(2)22-6-4-5-7-23(22)27-16-24(26)25-19-10-14-21(15-11-19)28-20-12-8-18(3)9-13-20/h4-15,17H,16H2,1-3H3,(H,25,26). The molecule has 0 fully saturated rings. The number of amides is 1. The Morgan fingerprint density at radius 1 is 0.893 bits per heavy atom. The zero-order valence-corrected chi connectivity index (χ0v) is 16.4. The van der Waals surface area contributed by atoms with Crippen LogP contribution in [-0.4, -0.2) is 12.5 Å². The number of hydrogen-bond donors (Lipinski definition) is 1. The zero-order chi connectivity index (χ0) is 19.9. The molecule has 0 aliphatic carbocycles. The Hall–Kier alpha value is -3.27. The van der Waals surface area contributed by atoms with Crippen LogP contribution in [0.4, 0.5) is 5.69 Å². The number of aryl methyl sites for hydroxylation is 1. The van der Waals surface area contributed by atoms with E-state index >= 15 is 0 Å². The van der Waals surface area contributed by atoms with Crippen LogP contribution in [0.2, 0.25) is 0 Å². The second-order valence-electron chi connectivity index (χ2n) is 6.97. The molecule has 0 unspecified atom stereocenters. The number of hydrogen-bond acceptors (Lipinski definition) is 3. The average Bonchev–Trinajstić information content (AvgIpc) is 2.70. The topological polar surface area (TPSA) is 47.6 Å². The van der Waals surface area contributed by atoms with Crippen LogP contribution >= 0.6 is 0 Å². The number of para-hydroxylation sites is 1. The molecule has 0 aliphatic heterocycles. The Labute approximate surface area is 166 Å². The third-order valence-corrected chi connectivity index (χ3v) is 4.29. The Kier molecular flexibility index (Phi) is 6.33. The SMILES string of the molecule is Cc1ccc(Oc2ccc(NC(=O)COc3ccccc3C(C)C)cc2)cc1. The zero-order valence-electron chi connectivity index (χ0n) is 16.4. The maximum Gasteiger partial charge on any atom is 0.262 e. The molecule has 0 bridgehead atoms. The van der Waals surface area contributed by atoms with E-state index in [9.17, 15) is 4.79 Å². The minimum Gasteiger partial charge on any atom is -0.483 e. The molecule has 4 nitrogen and oxygen atoms in total. The molecule has 0 aliphatic rings. The molecule has 4 heteroatoms. The molecule has 1 amide bonds. The lowest BCUT2D eigenvalue weighted by Crippen LogP contribution is -2.20. The van der Waals surface area contributed by atoms with Crippen LogP contribution in [0.15, 0.2) is 72.8 Å². The Bertz CT molecular complexity index is 915. The fraction of sp³-hybridized carbons (Fsp3) is 0.208. The van der Waals surface area contributed by atoms with Gasteiger partial charge in [0.25, 0.3) is 5.91 Å². The van der Waals surface area contributed by atoms with Gasteiger partial charge in [-0.1, -0.05) is 49.7 Å². The monoisotopic (exact) mass is 375 g/mol. The van der Waals surface area contributed by atoms with Crippen molar-refractivity contribution in [1.82, 2.24) is 0 Å². The molecule has 3 rings (SSSR count). The fourth-order valence-electron chi connectivity index (χ4n) is 2.78. The van der Waals surface area contributed by atoms with E-state index in [1.165, 1.54) is 5.56 Å². The second kappa shape index (κ2) is 9.09. The van der Waals surface area contributed by atoms with Crippen molar-refractivity contribution in [2.75, 3.05) is 11.9 Å². The van der Waals surface area contributed by atoms with E-state index in [2.05, 4.69) is 19.2 Å². The third kappa shape index (κ3) is 5.36. The molecule has 0 saturated carbocycles. The predicted octanol–water partition coefficient (Wildman–Crippen LogP) is 5.93. The minimum atomic E-state index is -0.203. The molecule has 0 atom stereocenters. The first-order chi connectivity index (χ1) is 13.5. The highest BCUT2D eigenvalue weighted by molar-refractivity contribution is 5.91. The van der Waals surface area contributed by atoms with Gasteiger partial charge in [-0.05, 0) is 60.9 Å². The van der Waals surface area contributed by atoms with E-state index in [-0.39, 0.29) is 12.5 Å². The number of ether oxygens (including phenoxy) is 2. The summed E-state index contributed by atoms with van der Waals surface area (Å²) in [6, 6.07) is 22.9. The molecular weight excluding hydrogens is 350 g/mol. The molecule has 0 saturated heterocycles. The quantitative estimate of drug-likeness (QED) is 0.557. The Balaban J connectivity index is 1.54. The van der Waals surface area contributed by atoms with E-state index in [0.717, 1.165) is 17.1 Å².